The Morgan fingerprint density at radius 2 is 2.00 bits per heavy atom. The van der Waals surface area contributed by atoms with Crippen molar-refractivity contribution < 1.29 is 22.9 Å². The van der Waals surface area contributed by atoms with Crippen LogP contribution in [-0.2, 0) is 15.1 Å². The Bertz CT molecular complexity index is 207. The molecule has 0 bridgehead atoms. The summed E-state index contributed by atoms with van der Waals surface area (Å²) in [6, 6.07) is 0. The second-order valence-corrected chi connectivity index (χ2v) is 2.75. The van der Waals surface area contributed by atoms with Crippen molar-refractivity contribution in [3.05, 3.63) is 0 Å². The molecule has 0 saturated heterocycles. The third-order valence-electron chi connectivity index (χ3n) is 0.623. The summed E-state index contributed by atoms with van der Waals surface area (Å²) < 4.78 is 29.3. The van der Waals surface area contributed by atoms with Gasteiger partial charge in [-0.1, -0.05) is 0 Å². The summed E-state index contributed by atoms with van der Waals surface area (Å²) in [6.07, 6.45) is -0.347. The highest BCUT2D eigenvalue weighted by molar-refractivity contribution is 7.83. The van der Waals surface area contributed by atoms with Gasteiger partial charge in [-0.15, -0.1) is 0 Å². The highest BCUT2D eigenvalue weighted by Gasteiger charge is 2.03. The first-order valence-corrected chi connectivity index (χ1v) is 3.79. The molecule has 60 valence electrons. The zero-order valence-electron chi connectivity index (χ0n) is 4.94. The van der Waals surface area contributed by atoms with E-state index in [9.17, 15) is 13.2 Å². The molecule has 0 radical (unpaired) electrons. The quantitative estimate of drug-likeness (QED) is 0.461. The standard InChI is InChI=1S/C3H7NO5S/c5-3(6)1-2-4-10(7,8)9/h4H,1-2H2,(H,5,6)(H,7,8,9). The van der Waals surface area contributed by atoms with E-state index in [1.807, 2.05) is 0 Å². The minimum atomic E-state index is -4.23. The van der Waals surface area contributed by atoms with E-state index < -0.39 is 16.3 Å². The van der Waals surface area contributed by atoms with Crippen molar-refractivity contribution in [1.82, 2.24) is 4.72 Å². The maximum atomic E-state index is 9.86. The van der Waals surface area contributed by atoms with Crippen LogP contribution in [0.4, 0.5) is 0 Å². The first kappa shape index (κ1) is 9.34. The van der Waals surface area contributed by atoms with E-state index in [1.54, 1.807) is 4.72 Å². The number of rotatable bonds is 4. The fourth-order valence-electron chi connectivity index (χ4n) is 0.287. The van der Waals surface area contributed by atoms with Crippen LogP contribution in [0.25, 0.3) is 0 Å². The fourth-order valence-corrected chi connectivity index (χ4v) is 0.647. The average molecular weight is 169 g/mol. The Balaban J connectivity index is 3.49. The van der Waals surface area contributed by atoms with E-state index in [4.69, 9.17) is 9.66 Å². The summed E-state index contributed by atoms with van der Waals surface area (Å²) in [5.41, 5.74) is 0. The van der Waals surface area contributed by atoms with Crippen LogP contribution in [0, 0.1) is 0 Å². The molecule has 0 spiro atoms. The summed E-state index contributed by atoms with van der Waals surface area (Å²) in [6.45, 7) is -0.297. The predicted octanol–water partition coefficient (Wildman–Crippen LogP) is -1.15. The Kier molecular flexibility index (Phi) is 3.26. The molecule has 0 aliphatic rings. The van der Waals surface area contributed by atoms with Gasteiger partial charge in [0.25, 0.3) is 0 Å². The Hall–Kier alpha value is -0.660. The lowest BCUT2D eigenvalue weighted by Crippen LogP contribution is -2.25. The van der Waals surface area contributed by atoms with Gasteiger partial charge in [0.1, 0.15) is 0 Å². The third-order valence-corrected chi connectivity index (χ3v) is 1.19. The molecule has 0 rings (SSSR count). The lowest BCUT2D eigenvalue weighted by Gasteiger charge is -1.95. The van der Waals surface area contributed by atoms with Gasteiger partial charge in [-0.2, -0.15) is 13.1 Å². The van der Waals surface area contributed by atoms with Crippen molar-refractivity contribution >= 4 is 16.3 Å². The molecule has 0 aliphatic carbocycles. The monoisotopic (exact) mass is 169 g/mol. The van der Waals surface area contributed by atoms with Gasteiger partial charge in [-0.05, 0) is 0 Å². The van der Waals surface area contributed by atoms with Crippen LogP contribution in [0.2, 0.25) is 0 Å². The van der Waals surface area contributed by atoms with Crippen LogP contribution in [-0.4, -0.2) is 30.6 Å². The van der Waals surface area contributed by atoms with Gasteiger partial charge >= 0.3 is 16.3 Å². The zero-order chi connectivity index (χ0) is 8.20. The number of nitrogens with one attached hydrogen (secondary N) is 1. The number of hydrogen-bond donors (Lipinski definition) is 3. The first-order chi connectivity index (χ1) is 4.42. The molecule has 0 amide bonds. The fraction of sp³-hybridized carbons (Fsp3) is 0.667. The number of aliphatic carboxylic acids is 1. The average Bonchev–Trinajstić information content (AvgIpc) is 1.59. The van der Waals surface area contributed by atoms with Crippen molar-refractivity contribution in [2.24, 2.45) is 0 Å². The van der Waals surface area contributed by atoms with Gasteiger partial charge in [0.2, 0.25) is 0 Å². The number of carbonyl (C=O) groups is 1. The largest absolute Gasteiger partial charge is 0.481 e. The molecule has 0 unspecified atom stereocenters. The third kappa shape index (κ3) is 7.34. The van der Waals surface area contributed by atoms with Crippen molar-refractivity contribution in [3.63, 3.8) is 0 Å². The Labute approximate surface area is 57.7 Å². The molecule has 6 nitrogen and oxygen atoms in total. The molecule has 0 aromatic heterocycles. The number of carboxylic acids is 1. The molecule has 0 atom stereocenters. The molecule has 0 saturated carbocycles. The van der Waals surface area contributed by atoms with Crippen molar-refractivity contribution in [3.8, 4) is 0 Å². The van der Waals surface area contributed by atoms with Crippen LogP contribution in [0.5, 0.6) is 0 Å². The molecule has 3 N–H and O–H groups in total. The van der Waals surface area contributed by atoms with E-state index in [0.29, 0.717) is 0 Å². The Morgan fingerprint density at radius 3 is 2.30 bits per heavy atom. The zero-order valence-corrected chi connectivity index (χ0v) is 5.76. The molecular weight excluding hydrogens is 162 g/mol. The topological polar surface area (TPSA) is 104 Å². The van der Waals surface area contributed by atoms with E-state index in [0.717, 1.165) is 0 Å². The highest BCUT2D eigenvalue weighted by Crippen LogP contribution is 1.77. The van der Waals surface area contributed by atoms with Crippen LogP contribution in [0.3, 0.4) is 0 Å². The molecule has 0 heterocycles. The second kappa shape index (κ2) is 3.49. The maximum absolute atomic E-state index is 9.86. The summed E-state index contributed by atoms with van der Waals surface area (Å²) in [7, 11) is -4.23. The van der Waals surface area contributed by atoms with Crippen LogP contribution >= 0.6 is 0 Å². The van der Waals surface area contributed by atoms with Gasteiger partial charge in [0, 0.05) is 6.54 Å². The molecule has 10 heavy (non-hydrogen) atoms. The minimum Gasteiger partial charge on any atom is -0.481 e. The molecule has 0 aromatic rings. The van der Waals surface area contributed by atoms with Crippen LogP contribution in [0.15, 0.2) is 0 Å². The van der Waals surface area contributed by atoms with E-state index >= 15 is 0 Å². The lowest BCUT2D eigenvalue weighted by molar-refractivity contribution is -0.136. The lowest BCUT2D eigenvalue weighted by atomic mass is 10.5. The molecule has 7 heteroatoms. The molecule has 0 fully saturated rings. The molecule has 0 aliphatic heterocycles. The van der Waals surface area contributed by atoms with E-state index in [-0.39, 0.29) is 13.0 Å². The highest BCUT2D eigenvalue weighted by atomic mass is 32.2. The van der Waals surface area contributed by atoms with Gasteiger partial charge in [0.15, 0.2) is 0 Å². The van der Waals surface area contributed by atoms with E-state index in [1.165, 1.54) is 0 Å². The second-order valence-electron chi connectivity index (χ2n) is 1.51. The van der Waals surface area contributed by atoms with Gasteiger partial charge < -0.3 is 5.11 Å². The smallest absolute Gasteiger partial charge is 0.333 e. The summed E-state index contributed by atoms with van der Waals surface area (Å²) in [4.78, 5) is 9.77. The van der Waals surface area contributed by atoms with Crippen molar-refractivity contribution in [2.45, 2.75) is 6.42 Å². The number of carboxylic acid groups (broad SMARTS) is 1. The maximum Gasteiger partial charge on any atom is 0.333 e. The van der Waals surface area contributed by atoms with Gasteiger partial charge in [-0.3, -0.25) is 9.35 Å². The van der Waals surface area contributed by atoms with Crippen LogP contribution < -0.4 is 4.72 Å². The minimum absolute atomic E-state index is 0.297. The SMILES string of the molecule is O=C(O)CCNS(=O)(=O)O. The molecule has 0 aromatic carbocycles. The van der Waals surface area contributed by atoms with E-state index in [2.05, 4.69) is 0 Å². The Morgan fingerprint density at radius 1 is 1.50 bits per heavy atom. The number of hydrogen-bond acceptors (Lipinski definition) is 3. The van der Waals surface area contributed by atoms with Gasteiger partial charge in [-0.25, -0.2) is 0 Å². The molecular formula is C3H7NO5S. The normalized spacial score (nSPS) is 11.3. The van der Waals surface area contributed by atoms with Crippen LogP contribution in [0.1, 0.15) is 6.42 Å². The van der Waals surface area contributed by atoms with Gasteiger partial charge in [0.05, 0.1) is 6.42 Å². The summed E-state index contributed by atoms with van der Waals surface area (Å²) >= 11 is 0. The first-order valence-electron chi connectivity index (χ1n) is 2.35. The predicted molar refractivity (Wildman–Crippen MR) is 31.8 cm³/mol. The van der Waals surface area contributed by atoms with Crippen molar-refractivity contribution in [1.29, 1.82) is 0 Å². The summed E-state index contributed by atoms with van der Waals surface area (Å²) in [5, 5.41) is 7.99. The van der Waals surface area contributed by atoms with Crippen molar-refractivity contribution in [2.75, 3.05) is 6.54 Å². The summed E-state index contributed by atoms with van der Waals surface area (Å²) in [5.74, 6) is -1.13.